The van der Waals surface area contributed by atoms with Gasteiger partial charge in [-0.15, -0.1) is 0 Å². The van der Waals surface area contributed by atoms with Crippen molar-refractivity contribution in [3.8, 4) is 0 Å². The molecule has 7 heteroatoms. The molecule has 1 amide bonds. The number of rotatable bonds is 17. The van der Waals surface area contributed by atoms with Gasteiger partial charge in [-0.1, -0.05) is 152 Å². The van der Waals surface area contributed by atoms with E-state index in [-0.39, 0.29) is 0 Å². The van der Waals surface area contributed by atoms with Gasteiger partial charge in [0.25, 0.3) is 0 Å². The Bertz CT molecular complexity index is 1540. The Balaban J connectivity index is 1.39. The number of benzene rings is 5. The van der Waals surface area contributed by atoms with Gasteiger partial charge in [0.1, 0.15) is 30.5 Å². The lowest BCUT2D eigenvalue weighted by atomic mass is 9.82. The van der Waals surface area contributed by atoms with Crippen LogP contribution < -0.4 is 5.32 Å². The molecule has 49 heavy (non-hydrogen) atoms. The Kier molecular flexibility index (Phi) is 12.7. The summed E-state index contributed by atoms with van der Waals surface area (Å²) < 4.78 is 33.9. The number of hydrogen-bond acceptors (Lipinski definition) is 6. The Morgan fingerprint density at radius 3 is 0.837 bits per heavy atom. The molecule has 0 aromatic heterocycles. The average molecular weight is 658 g/mol. The first-order valence-corrected chi connectivity index (χ1v) is 16.8. The Labute approximate surface area is 288 Å². The lowest BCUT2D eigenvalue weighted by Crippen LogP contribution is -2.70. The van der Waals surface area contributed by atoms with Gasteiger partial charge in [-0.25, -0.2) is 0 Å². The summed E-state index contributed by atoms with van der Waals surface area (Å²) in [6.07, 6.45) is -2.49. The van der Waals surface area contributed by atoms with Gasteiger partial charge < -0.3 is 29.0 Å². The van der Waals surface area contributed by atoms with Crippen LogP contribution in [0.3, 0.4) is 0 Å². The molecule has 5 aromatic rings. The van der Waals surface area contributed by atoms with Crippen LogP contribution in [0.1, 0.15) is 27.8 Å². The van der Waals surface area contributed by atoms with Crippen LogP contribution in [0.2, 0.25) is 0 Å². The summed E-state index contributed by atoms with van der Waals surface area (Å²) in [6.45, 7) is 1.57. The van der Waals surface area contributed by atoms with Crippen molar-refractivity contribution < 1.29 is 28.5 Å². The summed E-state index contributed by atoms with van der Waals surface area (Å²) in [5, 5.41) is 3.06. The highest BCUT2D eigenvalue weighted by atomic mass is 16.6. The molecule has 1 aliphatic carbocycles. The third-order valence-corrected chi connectivity index (χ3v) is 8.69. The summed E-state index contributed by atoms with van der Waals surface area (Å²) in [5.74, 6) is 0. The second-order valence-corrected chi connectivity index (χ2v) is 12.1. The number of ether oxygens (including phenoxy) is 5. The SMILES string of the molecule is O=CNC1[C@@H](OCc2ccccc2)[C@H](OCc2ccccc2)C(OCc2ccccc2)[C@H](OCc2ccccc2)[C@H]1OCc1ccccc1. The van der Waals surface area contributed by atoms with E-state index in [0.717, 1.165) is 27.8 Å². The quantitative estimate of drug-likeness (QED) is 0.108. The molecule has 0 radical (unpaired) electrons. The first-order valence-electron chi connectivity index (χ1n) is 16.8. The smallest absolute Gasteiger partial charge is 0.207 e. The molecule has 5 aromatic carbocycles. The topological polar surface area (TPSA) is 75.3 Å². The highest BCUT2D eigenvalue weighted by molar-refractivity contribution is 5.47. The van der Waals surface area contributed by atoms with Gasteiger partial charge in [0.15, 0.2) is 0 Å². The van der Waals surface area contributed by atoms with Crippen molar-refractivity contribution in [2.75, 3.05) is 0 Å². The Morgan fingerprint density at radius 1 is 0.367 bits per heavy atom. The summed E-state index contributed by atoms with van der Waals surface area (Å²) in [6, 6.07) is 49.4. The van der Waals surface area contributed by atoms with E-state index < -0.39 is 36.6 Å². The van der Waals surface area contributed by atoms with Gasteiger partial charge in [-0.3, -0.25) is 4.79 Å². The molecule has 0 saturated heterocycles. The minimum Gasteiger partial charge on any atom is -0.368 e. The molecule has 0 bridgehead atoms. The van der Waals surface area contributed by atoms with Crippen molar-refractivity contribution in [2.24, 2.45) is 0 Å². The molecule has 6 rings (SSSR count). The molecular weight excluding hydrogens is 614 g/mol. The van der Waals surface area contributed by atoms with Crippen molar-refractivity contribution in [3.05, 3.63) is 179 Å². The summed E-state index contributed by atoms with van der Waals surface area (Å²) in [4.78, 5) is 12.3. The van der Waals surface area contributed by atoms with Gasteiger partial charge in [0.2, 0.25) is 6.41 Å². The van der Waals surface area contributed by atoms with E-state index in [1.807, 2.05) is 152 Å². The van der Waals surface area contributed by atoms with E-state index in [1.54, 1.807) is 0 Å². The van der Waals surface area contributed by atoms with E-state index in [1.165, 1.54) is 0 Å². The second kappa shape index (κ2) is 18.2. The van der Waals surface area contributed by atoms with Crippen LogP contribution in [-0.2, 0) is 61.5 Å². The van der Waals surface area contributed by atoms with Crippen molar-refractivity contribution in [1.29, 1.82) is 0 Å². The second-order valence-electron chi connectivity index (χ2n) is 12.1. The summed E-state index contributed by atoms with van der Waals surface area (Å²) >= 11 is 0. The monoisotopic (exact) mass is 657 g/mol. The minimum atomic E-state index is -0.646. The van der Waals surface area contributed by atoms with Crippen LogP contribution in [-0.4, -0.2) is 43.0 Å². The van der Waals surface area contributed by atoms with E-state index in [9.17, 15) is 4.79 Å². The van der Waals surface area contributed by atoms with E-state index >= 15 is 0 Å². The predicted molar refractivity (Wildman–Crippen MR) is 188 cm³/mol. The van der Waals surface area contributed by atoms with Gasteiger partial charge in [-0.2, -0.15) is 0 Å². The molecule has 7 nitrogen and oxygen atoms in total. The molecule has 1 fully saturated rings. The maximum absolute atomic E-state index is 12.3. The maximum Gasteiger partial charge on any atom is 0.207 e. The van der Waals surface area contributed by atoms with Crippen LogP contribution in [0.4, 0.5) is 0 Å². The molecular formula is C42H43NO6. The Hall–Kier alpha value is -4.63. The number of carbonyl (C=O) groups excluding carboxylic acids is 1. The zero-order valence-electron chi connectivity index (χ0n) is 27.5. The minimum absolute atomic E-state index is 0.306. The van der Waals surface area contributed by atoms with Crippen molar-refractivity contribution in [2.45, 2.75) is 69.6 Å². The largest absolute Gasteiger partial charge is 0.368 e. The van der Waals surface area contributed by atoms with Gasteiger partial charge in [0, 0.05) is 0 Å². The van der Waals surface area contributed by atoms with Crippen LogP contribution in [0, 0.1) is 0 Å². The van der Waals surface area contributed by atoms with Gasteiger partial charge >= 0.3 is 0 Å². The summed E-state index contributed by atoms with van der Waals surface area (Å²) in [5.41, 5.74) is 5.04. The fourth-order valence-corrected chi connectivity index (χ4v) is 6.22. The third-order valence-electron chi connectivity index (χ3n) is 8.69. The van der Waals surface area contributed by atoms with E-state index in [4.69, 9.17) is 23.7 Å². The highest BCUT2D eigenvalue weighted by Gasteiger charge is 2.54. The molecule has 0 spiro atoms. The lowest BCUT2D eigenvalue weighted by Gasteiger charge is -2.50. The highest BCUT2D eigenvalue weighted by Crippen LogP contribution is 2.35. The van der Waals surface area contributed by atoms with Crippen molar-refractivity contribution in [3.63, 3.8) is 0 Å². The Morgan fingerprint density at radius 2 is 0.592 bits per heavy atom. The third kappa shape index (κ3) is 9.72. The molecule has 1 saturated carbocycles. The lowest BCUT2D eigenvalue weighted by molar-refractivity contribution is -0.259. The van der Waals surface area contributed by atoms with Gasteiger partial charge in [0.05, 0.1) is 39.1 Å². The normalized spacial score (nSPS) is 22.0. The standard InChI is InChI=1S/C42H43NO6/c44-31-43-37-38(45-26-32-16-6-1-7-17-32)40(47-28-34-20-10-3-11-21-34)42(49-30-36-24-14-5-15-25-36)41(48-29-35-22-12-4-13-23-35)39(37)46-27-33-18-8-2-9-19-33/h1-25,31,37-42H,26-30H2,(H,43,44)/t37?,38-,39+,40+,41-,42?. The fourth-order valence-electron chi connectivity index (χ4n) is 6.22. The number of carbonyl (C=O) groups is 1. The van der Waals surface area contributed by atoms with Crippen molar-refractivity contribution >= 4 is 6.41 Å². The van der Waals surface area contributed by atoms with Crippen LogP contribution >= 0.6 is 0 Å². The van der Waals surface area contributed by atoms with Gasteiger partial charge in [-0.05, 0) is 27.8 Å². The maximum atomic E-state index is 12.3. The molecule has 2 unspecified atom stereocenters. The average Bonchev–Trinajstić information content (AvgIpc) is 3.17. The first kappa shape index (κ1) is 34.2. The zero-order chi connectivity index (χ0) is 33.5. The number of amides is 1. The molecule has 1 N–H and O–H groups in total. The molecule has 0 heterocycles. The van der Waals surface area contributed by atoms with E-state index in [0.29, 0.717) is 39.4 Å². The van der Waals surface area contributed by atoms with Crippen LogP contribution in [0.25, 0.3) is 0 Å². The molecule has 252 valence electrons. The molecule has 0 aliphatic heterocycles. The summed E-state index contributed by atoms with van der Waals surface area (Å²) in [7, 11) is 0. The van der Waals surface area contributed by atoms with E-state index in [2.05, 4.69) is 5.32 Å². The first-order chi connectivity index (χ1) is 24.3. The fraction of sp³-hybridized carbons (Fsp3) is 0.262. The number of nitrogens with one attached hydrogen (secondary N) is 1. The molecule has 1 aliphatic rings. The number of hydrogen-bond donors (Lipinski definition) is 1. The van der Waals surface area contributed by atoms with Crippen LogP contribution in [0.15, 0.2) is 152 Å². The van der Waals surface area contributed by atoms with Crippen LogP contribution in [0.5, 0.6) is 0 Å². The molecule has 6 atom stereocenters. The predicted octanol–water partition coefficient (Wildman–Crippen LogP) is 7.04. The van der Waals surface area contributed by atoms with Crippen molar-refractivity contribution in [1.82, 2.24) is 5.32 Å². The zero-order valence-corrected chi connectivity index (χ0v) is 27.5.